The minimum absolute atomic E-state index is 0. The zero-order valence-corrected chi connectivity index (χ0v) is 20.2. The molecule has 28 heavy (non-hydrogen) atoms. The number of rotatable bonds is 20. The zero-order chi connectivity index (χ0) is 20.2. The minimum atomic E-state index is -1.35. The molecule has 0 fully saturated rings. The topological polar surface area (TPSA) is 89.5 Å². The number of carbonyl (C=O) groups excluding carboxylic acids is 1. The Kier molecular flexibility index (Phi) is 24.4. The van der Waals surface area contributed by atoms with Crippen LogP contribution < -0.4 is 40.0 Å². The van der Waals surface area contributed by atoms with Gasteiger partial charge in [-0.25, -0.2) is 0 Å². The van der Waals surface area contributed by atoms with Crippen LogP contribution in [0.2, 0.25) is 0 Å². The maximum atomic E-state index is 10.8. The number of unbranched alkanes of at least 4 members (excludes halogenated alkanes) is 12. The van der Waals surface area contributed by atoms with E-state index >= 15 is 0 Å². The van der Waals surface area contributed by atoms with Crippen LogP contribution in [0.15, 0.2) is 12.2 Å². The molecule has 0 aliphatic rings. The third-order valence-corrected chi connectivity index (χ3v) is 4.74. The molecule has 0 amide bonds. The zero-order valence-electron chi connectivity index (χ0n) is 18.2. The second-order valence-electron chi connectivity index (χ2n) is 7.36. The van der Waals surface area contributed by atoms with Crippen LogP contribution in [0.5, 0.6) is 0 Å². The molecule has 0 heterocycles. The molecule has 1 atom stereocenters. The quantitative estimate of drug-likeness (QED) is 0.181. The van der Waals surface area contributed by atoms with Gasteiger partial charge in [0.2, 0.25) is 0 Å². The van der Waals surface area contributed by atoms with Crippen molar-refractivity contribution in [1.82, 2.24) is 5.32 Å². The monoisotopic (exact) mass is 405 g/mol. The second-order valence-corrected chi connectivity index (χ2v) is 7.36. The molecular formula is C22H40NNaO4. The van der Waals surface area contributed by atoms with E-state index in [0.717, 1.165) is 19.3 Å². The Morgan fingerprint density at radius 3 is 1.79 bits per heavy atom. The first kappa shape index (κ1) is 29.8. The molecule has 0 bridgehead atoms. The third-order valence-electron chi connectivity index (χ3n) is 4.74. The maximum absolute atomic E-state index is 10.8. The van der Waals surface area contributed by atoms with Crippen molar-refractivity contribution in [3.8, 4) is 0 Å². The molecule has 158 valence electrons. The largest absolute Gasteiger partial charge is 1.00 e. The standard InChI is InChI=1S/C22H41NO4.Na/c1-2-3-4-5-6-7-8-9-10-11-12-13-14-15-16-17-18-23-20(22(26)27)19-21(24)25;/h9-10,20,23H,2-8,11-19H2,1H3,(H,24,25)(H,26,27);/q;+1/p-1/b10-9-;/t20-;/m0./s1. The van der Waals surface area contributed by atoms with Crippen molar-refractivity contribution in [1.29, 1.82) is 0 Å². The van der Waals surface area contributed by atoms with Gasteiger partial charge in [0.1, 0.15) is 0 Å². The molecule has 0 aliphatic carbocycles. The number of aliphatic carboxylic acids is 2. The Labute approximate surface area is 194 Å². The van der Waals surface area contributed by atoms with Gasteiger partial charge in [0.05, 0.1) is 18.4 Å². The predicted octanol–water partition coefficient (Wildman–Crippen LogP) is 1.21. The average molecular weight is 406 g/mol. The summed E-state index contributed by atoms with van der Waals surface area (Å²) in [6.07, 6.45) is 21.4. The fourth-order valence-electron chi connectivity index (χ4n) is 3.06. The summed E-state index contributed by atoms with van der Waals surface area (Å²) in [5, 5.41) is 22.2. The summed E-state index contributed by atoms with van der Waals surface area (Å²) < 4.78 is 0. The Hall–Kier alpha value is -0.360. The first-order valence-electron chi connectivity index (χ1n) is 10.9. The molecule has 5 nitrogen and oxygen atoms in total. The van der Waals surface area contributed by atoms with Crippen molar-refractivity contribution in [3.05, 3.63) is 12.2 Å². The Morgan fingerprint density at radius 1 is 0.857 bits per heavy atom. The maximum Gasteiger partial charge on any atom is 1.00 e. The Morgan fingerprint density at radius 2 is 1.32 bits per heavy atom. The molecule has 0 aromatic carbocycles. The van der Waals surface area contributed by atoms with Crippen LogP contribution in [0.3, 0.4) is 0 Å². The SMILES string of the molecule is CCCCCCCC/C=C\CCCCCCCCN[C@@H](CC(=O)O)C(=O)[O-].[Na+]. The van der Waals surface area contributed by atoms with Crippen LogP contribution in [0.25, 0.3) is 0 Å². The van der Waals surface area contributed by atoms with E-state index in [0.29, 0.717) is 6.54 Å². The van der Waals surface area contributed by atoms with Gasteiger partial charge in [-0.3, -0.25) is 4.79 Å². The van der Waals surface area contributed by atoms with Crippen molar-refractivity contribution in [2.75, 3.05) is 6.54 Å². The summed E-state index contributed by atoms with van der Waals surface area (Å²) in [6, 6.07) is -1.09. The number of allylic oxidation sites excluding steroid dienone is 2. The first-order chi connectivity index (χ1) is 13.1. The molecule has 0 saturated carbocycles. The number of hydrogen-bond acceptors (Lipinski definition) is 4. The van der Waals surface area contributed by atoms with Crippen molar-refractivity contribution in [2.45, 2.75) is 109 Å². The summed E-state index contributed by atoms with van der Waals surface area (Å²) in [5.41, 5.74) is 0. The van der Waals surface area contributed by atoms with Crippen molar-refractivity contribution >= 4 is 11.9 Å². The summed E-state index contributed by atoms with van der Waals surface area (Å²) in [6.45, 7) is 2.77. The molecule has 0 radical (unpaired) electrons. The van der Waals surface area contributed by atoms with E-state index in [1.165, 1.54) is 70.6 Å². The molecule has 0 unspecified atom stereocenters. The third kappa shape index (κ3) is 21.9. The average Bonchev–Trinajstić information content (AvgIpc) is 2.62. The van der Waals surface area contributed by atoms with Gasteiger partial charge in [-0.1, -0.05) is 76.9 Å². The van der Waals surface area contributed by atoms with E-state index in [4.69, 9.17) is 5.11 Å². The molecular weight excluding hydrogens is 365 g/mol. The molecule has 0 rings (SSSR count). The van der Waals surface area contributed by atoms with Gasteiger partial charge in [-0.05, 0) is 38.6 Å². The first-order valence-corrected chi connectivity index (χ1v) is 10.9. The van der Waals surface area contributed by atoms with Gasteiger partial charge in [0.25, 0.3) is 0 Å². The fraction of sp³-hybridized carbons (Fsp3) is 0.818. The van der Waals surface area contributed by atoms with E-state index in [-0.39, 0.29) is 29.6 Å². The van der Waals surface area contributed by atoms with Crippen LogP contribution in [0, 0.1) is 0 Å². The normalized spacial score (nSPS) is 12.0. The van der Waals surface area contributed by atoms with Crippen LogP contribution in [-0.2, 0) is 9.59 Å². The van der Waals surface area contributed by atoms with Crippen molar-refractivity contribution < 1.29 is 49.4 Å². The van der Waals surface area contributed by atoms with Crippen LogP contribution in [0.4, 0.5) is 0 Å². The van der Waals surface area contributed by atoms with E-state index in [1.54, 1.807) is 0 Å². The van der Waals surface area contributed by atoms with E-state index in [2.05, 4.69) is 24.4 Å². The summed E-state index contributed by atoms with van der Waals surface area (Å²) in [5.74, 6) is -2.47. The number of carboxylic acids is 2. The van der Waals surface area contributed by atoms with Gasteiger partial charge in [0, 0.05) is 0 Å². The number of carboxylic acid groups (broad SMARTS) is 2. The van der Waals surface area contributed by atoms with Gasteiger partial charge in [-0.15, -0.1) is 0 Å². The second kappa shape index (κ2) is 22.9. The molecule has 2 N–H and O–H groups in total. The fourth-order valence-corrected chi connectivity index (χ4v) is 3.06. The summed E-state index contributed by atoms with van der Waals surface area (Å²) in [4.78, 5) is 21.4. The van der Waals surface area contributed by atoms with Gasteiger partial charge >= 0.3 is 35.5 Å². The number of hydrogen-bond donors (Lipinski definition) is 2. The summed E-state index contributed by atoms with van der Waals surface area (Å²) >= 11 is 0. The predicted molar refractivity (Wildman–Crippen MR) is 109 cm³/mol. The van der Waals surface area contributed by atoms with E-state index in [9.17, 15) is 14.7 Å². The molecule has 0 saturated heterocycles. The van der Waals surface area contributed by atoms with Crippen LogP contribution in [-0.4, -0.2) is 29.6 Å². The van der Waals surface area contributed by atoms with Crippen LogP contribution in [0.1, 0.15) is 103 Å². The minimum Gasteiger partial charge on any atom is -0.548 e. The Bertz CT molecular complexity index is 402. The van der Waals surface area contributed by atoms with Gasteiger partial charge < -0.3 is 20.3 Å². The molecule has 0 aliphatic heterocycles. The molecule has 6 heteroatoms. The van der Waals surface area contributed by atoms with Crippen molar-refractivity contribution in [2.24, 2.45) is 0 Å². The van der Waals surface area contributed by atoms with Gasteiger partial charge in [-0.2, -0.15) is 0 Å². The molecule has 0 aromatic heterocycles. The molecule has 0 spiro atoms. The summed E-state index contributed by atoms with van der Waals surface area (Å²) in [7, 11) is 0. The van der Waals surface area contributed by atoms with Gasteiger partial charge in [0.15, 0.2) is 0 Å². The van der Waals surface area contributed by atoms with Crippen molar-refractivity contribution in [3.63, 3.8) is 0 Å². The molecule has 0 aromatic rings. The van der Waals surface area contributed by atoms with Crippen LogP contribution >= 0.6 is 0 Å². The Balaban J connectivity index is 0. The van der Waals surface area contributed by atoms with E-state index < -0.39 is 24.4 Å². The smallest absolute Gasteiger partial charge is 0.548 e. The van der Waals surface area contributed by atoms with E-state index in [1.807, 2.05) is 0 Å². The number of nitrogens with one attached hydrogen (secondary N) is 1. The number of carbonyl (C=O) groups is 2.